The van der Waals surface area contributed by atoms with E-state index in [1.807, 2.05) is 24.3 Å². The third-order valence-corrected chi connectivity index (χ3v) is 4.77. The highest BCUT2D eigenvalue weighted by molar-refractivity contribution is 6.15. The van der Waals surface area contributed by atoms with Gasteiger partial charge in [0.2, 0.25) is 5.78 Å². The largest absolute Gasteiger partial charge is 0.497 e. The van der Waals surface area contributed by atoms with E-state index in [0.717, 1.165) is 17.7 Å². The second kappa shape index (κ2) is 7.48. The lowest BCUT2D eigenvalue weighted by molar-refractivity contribution is -0.144. The number of benzene rings is 2. The molecule has 1 saturated heterocycles. The number of hydrogen-bond donors (Lipinski definition) is 0. The monoisotopic (exact) mass is 380 g/mol. The van der Waals surface area contributed by atoms with Crippen LogP contribution in [0.4, 0.5) is 0 Å². The van der Waals surface area contributed by atoms with Gasteiger partial charge in [0.25, 0.3) is 0 Å². The maximum absolute atomic E-state index is 12.7. The van der Waals surface area contributed by atoms with Crippen LogP contribution in [0.1, 0.15) is 34.3 Å². The van der Waals surface area contributed by atoms with Crippen LogP contribution in [-0.4, -0.2) is 31.6 Å². The number of carbonyl (C=O) groups excluding carboxylic acids is 2. The van der Waals surface area contributed by atoms with Crippen molar-refractivity contribution in [3.8, 4) is 17.2 Å². The summed E-state index contributed by atoms with van der Waals surface area (Å²) in [6.45, 7) is 2.36. The van der Waals surface area contributed by atoms with Gasteiger partial charge in [-0.2, -0.15) is 0 Å². The zero-order valence-corrected chi connectivity index (χ0v) is 15.7. The van der Waals surface area contributed by atoms with Gasteiger partial charge in [0.15, 0.2) is 11.9 Å². The lowest BCUT2D eigenvalue weighted by Crippen LogP contribution is -2.24. The smallest absolute Gasteiger partial charge is 0.340 e. The number of hydrogen-bond acceptors (Lipinski definition) is 6. The maximum Gasteiger partial charge on any atom is 0.340 e. The van der Waals surface area contributed by atoms with Crippen molar-refractivity contribution in [1.29, 1.82) is 0 Å². The zero-order valence-electron chi connectivity index (χ0n) is 15.7. The van der Waals surface area contributed by atoms with Gasteiger partial charge in [-0.25, -0.2) is 4.79 Å². The zero-order chi connectivity index (χ0) is 19.7. The molecular formula is C22H20O6. The summed E-state index contributed by atoms with van der Waals surface area (Å²) in [6, 6.07) is 10.5. The molecule has 2 aliphatic rings. The van der Waals surface area contributed by atoms with Crippen LogP contribution >= 0.6 is 0 Å². The van der Waals surface area contributed by atoms with Crippen LogP contribution in [0.25, 0.3) is 6.08 Å². The molecular weight excluding hydrogens is 360 g/mol. The van der Waals surface area contributed by atoms with Gasteiger partial charge in [-0.05, 0) is 55.2 Å². The fourth-order valence-electron chi connectivity index (χ4n) is 3.33. The van der Waals surface area contributed by atoms with E-state index in [1.165, 1.54) is 0 Å². The minimum atomic E-state index is -0.526. The molecule has 0 bridgehead atoms. The molecule has 0 radical (unpaired) electrons. The molecule has 0 aliphatic carbocycles. The van der Waals surface area contributed by atoms with Crippen molar-refractivity contribution in [2.45, 2.75) is 25.9 Å². The molecule has 1 unspecified atom stereocenters. The third-order valence-electron chi connectivity index (χ3n) is 4.77. The molecule has 4 rings (SSSR count). The highest BCUT2D eigenvalue weighted by Gasteiger charge is 2.31. The fraction of sp³-hybridized carbons (Fsp3) is 0.273. The van der Waals surface area contributed by atoms with Crippen molar-refractivity contribution in [3.63, 3.8) is 0 Å². The summed E-state index contributed by atoms with van der Waals surface area (Å²) in [5.41, 5.74) is 1.99. The minimum absolute atomic E-state index is 0.194. The number of aryl methyl sites for hydroxylation is 1. The summed E-state index contributed by atoms with van der Waals surface area (Å²) in [5, 5.41) is 0. The van der Waals surface area contributed by atoms with Crippen LogP contribution in [0.15, 0.2) is 42.2 Å². The van der Waals surface area contributed by atoms with Crippen LogP contribution in [0.3, 0.4) is 0 Å². The maximum atomic E-state index is 12.7. The Morgan fingerprint density at radius 2 is 1.96 bits per heavy atom. The Morgan fingerprint density at radius 3 is 2.64 bits per heavy atom. The van der Waals surface area contributed by atoms with E-state index in [-0.39, 0.29) is 11.5 Å². The van der Waals surface area contributed by atoms with E-state index < -0.39 is 12.1 Å². The number of ether oxygens (including phenoxy) is 4. The Hall–Kier alpha value is -3.12. The van der Waals surface area contributed by atoms with E-state index in [1.54, 1.807) is 32.2 Å². The number of fused-ring (bicyclic) bond motifs is 1. The van der Waals surface area contributed by atoms with Crippen LogP contribution in [-0.2, 0) is 9.53 Å². The van der Waals surface area contributed by atoms with Gasteiger partial charge in [-0.3, -0.25) is 4.79 Å². The topological polar surface area (TPSA) is 71.1 Å². The van der Waals surface area contributed by atoms with Crippen molar-refractivity contribution in [1.82, 2.24) is 0 Å². The molecule has 0 aromatic heterocycles. The van der Waals surface area contributed by atoms with E-state index in [2.05, 4.69) is 0 Å². The van der Waals surface area contributed by atoms with Crippen molar-refractivity contribution in [3.05, 3.63) is 58.8 Å². The summed E-state index contributed by atoms with van der Waals surface area (Å²) >= 11 is 0. The van der Waals surface area contributed by atoms with E-state index in [0.29, 0.717) is 35.7 Å². The van der Waals surface area contributed by atoms with Gasteiger partial charge in [-0.1, -0.05) is 12.1 Å². The molecule has 28 heavy (non-hydrogen) atoms. The minimum Gasteiger partial charge on any atom is -0.497 e. The number of carbonyl (C=O) groups is 2. The molecule has 2 aromatic rings. The summed E-state index contributed by atoms with van der Waals surface area (Å²) in [5.74, 6) is 1.08. The van der Waals surface area contributed by atoms with Gasteiger partial charge >= 0.3 is 5.97 Å². The molecule has 6 heteroatoms. The van der Waals surface area contributed by atoms with Crippen molar-refractivity contribution < 1.29 is 28.5 Å². The van der Waals surface area contributed by atoms with Crippen LogP contribution < -0.4 is 14.2 Å². The predicted molar refractivity (Wildman–Crippen MR) is 102 cm³/mol. The van der Waals surface area contributed by atoms with Crippen molar-refractivity contribution in [2.24, 2.45) is 0 Å². The molecule has 6 nitrogen and oxygen atoms in total. The number of rotatable bonds is 4. The van der Waals surface area contributed by atoms with Crippen LogP contribution in [0.2, 0.25) is 0 Å². The molecule has 2 heterocycles. The van der Waals surface area contributed by atoms with E-state index in [9.17, 15) is 9.59 Å². The van der Waals surface area contributed by atoms with Crippen molar-refractivity contribution in [2.75, 3.05) is 13.7 Å². The lowest BCUT2D eigenvalue weighted by Gasteiger charge is -2.11. The first kappa shape index (κ1) is 18.3. The SMILES string of the molecule is COc1ccc(/C=C2\Oc3cc(OC(=O)C4CCCO4)cc(C)c3C2=O)cc1. The van der Waals surface area contributed by atoms with Gasteiger partial charge in [-0.15, -0.1) is 0 Å². The number of methoxy groups -OCH3 is 1. The van der Waals surface area contributed by atoms with Gasteiger partial charge < -0.3 is 18.9 Å². The Kier molecular flexibility index (Phi) is 4.88. The second-order valence-electron chi connectivity index (χ2n) is 6.75. The molecule has 2 aliphatic heterocycles. The Labute approximate surface area is 162 Å². The van der Waals surface area contributed by atoms with Crippen LogP contribution in [0, 0.1) is 6.92 Å². The molecule has 0 spiro atoms. The Balaban J connectivity index is 1.56. The number of esters is 1. The van der Waals surface area contributed by atoms with Crippen molar-refractivity contribution >= 4 is 17.8 Å². The number of Topliss-reactive ketones (excluding diaryl/α,β-unsaturated/α-hetero) is 1. The molecule has 1 atom stereocenters. The molecule has 144 valence electrons. The molecule has 0 amide bonds. The predicted octanol–water partition coefficient (Wildman–Crippen LogP) is 3.70. The summed E-state index contributed by atoms with van der Waals surface area (Å²) in [6.07, 6.45) is 2.66. The first-order valence-electron chi connectivity index (χ1n) is 9.11. The molecule has 2 aromatic carbocycles. The highest BCUT2D eigenvalue weighted by Crippen LogP contribution is 2.37. The Morgan fingerprint density at radius 1 is 1.18 bits per heavy atom. The highest BCUT2D eigenvalue weighted by atomic mass is 16.6. The van der Waals surface area contributed by atoms with Gasteiger partial charge in [0, 0.05) is 12.7 Å². The van der Waals surface area contributed by atoms with E-state index >= 15 is 0 Å². The molecule has 0 N–H and O–H groups in total. The summed E-state index contributed by atoms with van der Waals surface area (Å²) in [4.78, 5) is 24.9. The number of allylic oxidation sites excluding steroid dienone is 1. The average molecular weight is 380 g/mol. The molecule has 1 fully saturated rings. The molecule has 0 saturated carbocycles. The van der Waals surface area contributed by atoms with Gasteiger partial charge in [0.05, 0.1) is 12.7 Å². The quantitative estimate of drug-likeness (QED) is 0.458. The summed E-state index contributed by atoms with van der Waals surface area (Å²) in [7, 11) is 1.60. The first-order chi connectivity index (χ1) is 13.5. The fourth-order valence-corrected chi connectivity index (χ4v) is 3.33. The van der Waals surface area contributed by atoms with Gasteiger partial charge in [0.1, 0.15) is 17.2 Å². The van der Waals surface area contributed by atoms with E-state index in [4.69, 9.17) is 18.9 Å². The Bertz CT molecular complexity index is 952. The average Bonchev–Trinajstić information content (AvgIpc) is 3.32. The lowest BCUT2D eigenvalue weighted by atomic mass is 10.0. The number of ketones is 1. The first-order valence-corrected chi connectivity index (χ1v) is 9.11. The van der Waals surface area contributed by atoms with Crippen LogP contribution in [0.5, 0.6) is 17.2 Å². The third kappa shape index (κ3) is 3.51. The summed E-state index contributed by atoms with van der Waals surface area (Å²) < 4.78 is 21.7. The normalized spacial score (nSPS) is 19.4. The second-order valence-corrected chi connectivity index (χ2v) is 6.75. The standard InChI is InChI=1S/C22H20O6/c1-13-10-16(27-22(24)17-4-3-9-26-17)12-18-20(13)21(23)19(28-18)11-14-5-7-15(25-2)8-6-14/h5-8,10-12,17H,3-4,9H2,1-2H3/b19-11-.